The normalized spacial score (nSPS) is 19.4. The highest BCUT2D eigenvalue weighted by molar-refractivity contribution is 5.99. The van der Waals surface area contributed by atoms with Gasteiger partial charge in [0.15, 0.2) is 11.6 Å². The lowest BCUT2D eigenvalue weighted by Crippen LogP contribution is -2.49. The zero-order valence-electron chi connectivity index (χ0n) is 36.4. The van der Waals surface area contributed by atoms with Crippen molar-refractivity contribution < 1.29 is 19.1 Å². The number of piperidine rings is 1. The highest BCUT2D eigenvalue weighted by atomic mass is 16.5. The van der Waals surface area contributed by atoms with Gasteiger partial charge < -0.3 is 25.2 Å². The van der Waals surface area contributed by atoms with E-state index in [1.807, 2.05) is 42.3 Å². The van der Waals surface area contributed by atoms with E-state index >= 15 is 0 Å². The smallest absolute Gasteiger partial charge is 0.275 e. The summed E-state index contributed by atoms with van der Waals surface area (Å²) < 4.78 is 9.10. The molecule has 3 aliphatic heterocycles. The van der Waals surface area contributed by atoms with Crippen LogP contribution in [0.15, 0.2) is 47.4 Å². The van der Waals surface area contributed by atoms with Gasteiger partial charge in [-0.15, -0.1) is 10.2 Å². The predicted molar refractivity (Wildman–Crippen MR) is 238 cm³/mol. The number of aryl methyl sites for hydroxylation is 2. The van der Waals surface area contributed by atoms with Crippen molar-refractivity contribution in [1.82, 2.24) is 49.6 Å². The van der Waals surface area contributed by atoms with Crippen molar-refractivity contribution in [1.29, 1.82) is 0 Å². The summed E-state index contributed by atoms with van der Waals surface area (Å²) in [5, 5.41) is 23.7. The summed E-state index contributed by atoms with van der Waals surface area (Å²) in [6, 6.07) is 10.2. The highest BCUT2D eigenvalue weighted by Gasteiger charge is 2.37. The number of aromatic nitrogens is 7. The van der Waals surface area contributed by atoms with Crippen molar-refractivity contribution in [2.45, 2.75) is 84.2 Å². The lowest BCUT2D eigenvalue weighted by Gasteiger charge is -2.39. The van der Waals surface area contributed by atoms with E-state index in [0.29, 0.717) is 78.1 Å². The third kappa shape index (κ3) is 8.31. The minimum atomic E-state index is -0.827. The van der Waals surface area contributed by atoms with Crippen LogP contribution in [0.1, 0.15) is 98.1 Å². The first-order valence-corrected chi connectivity index (χ1v) is 22.2. The summed E-state index contributed by atoms with van der Waals surface area (Å²) in [4.78, 5) is 67.9. The van der Waals surface area contributed by atoms with Crippen LogP contribution < -0.4 is 31.1 Å². The summed E-state index contributed by atoms with van der Waals surface area (Å²) in [5.41, 5.74) is 3.11. The van der Waals surface area contributed by atoms with Crippen LogP contribution in [-0.2, 0) is 9.59 Å². The average molecular weight is 858 g/mol. The zero-order valence-corrected chi connectivity index (χ0v) is 36.4. The van der Waals surface area contributed by atoms with Crippen molar-refractivity contribution in [2.75, 3.05) is 68.5 Å². The second kappa shape index (κ2) is 17.7. The molecule has 1 saturated carbocycles. The highest BCUT2D eigenvalue weighted by Crippen LogP contribution is 2.41. The maximum absolute atomic E-state index is 13.8. The van der Waals surface area contributed by atoms with E-state index in [0.717, 1.165) is 48.4 Å². The number of nitrogens with zero attached hydrogens (tertiary/aromatic N) is 10. The lowest BCUT2D eigenvalue weighted by molar-refractivity contribution is -0.136. The number of hydrogen-bond acceptors (Lipinski definition) is 14. The molecule has 1 aliphatic carbocycles. The van der Waals surface area contributed by atoms with Crippen LogP contribution in [0.3, 0.4) is 0 Å². The number of rotatable bonds is 12. The second-order valence-corrected chi connectivity index (χ2v) is 17.1. The number of ether oxygens (including phenoxy) is 1. The van der Waals surface area contributed by atoms with Crippen LogP contribution in [0.2, 0.25) is 0 Å². The molecule has 0 radical (unpaired) electrons. The fraction of sp³-hybridized carbons (Fsp3) is 0.489. The van der Waals surface area contributed by atoms with Crippen molar-refractivity contribution in [3.63, 3.8) is 0 Å². The fourth-order valence-electron chi connectivity index (χ4n) is 9.66. The van der Waals surface area contributed by atoms with Crippen LogP contribution in [0.4, 0.5) is 23.1 Å². The molecule has 3 N–H and O–H groups in total. The molecule has 2 saturated heterocycles. The molecule has 2 aromatic carbocycles. The first-order valence-electron chi connectivity index (χ1n) is 22.2. The topological polar surface area (TPSA) is 198 Å². The maximum Gasteiger partial charge on any atom is 0.275 e. The average Bonchev–Trinajstić information content (AvgIpc) is 3.69. The number of anilines is 4. The molecule has 0 spiro atoms. The minimum absolute atomic E-state index is 0.0542. The number of nitrogens with one attached hydrogen (secondary N) is 3. The van der Waals surface area contributed by atoms with Crippen molar-refractivity contribution in [3.05, 3.63) is 75.9 Å². The largest absolute Gasteiger partial charge is 0.495 e. The van der Waals surface area contributed by atoms with E-state index in [1.54, 1.807) is 26.2 Å². The van der Waals surface area contributed by atoms with Crippen LogP contribution >= 0.6 is 0 Å². The van der Waals surface area contributed by atoms with Crippen LogP contribution in [0.5, 0.6) is 5.75 Å². The summed E-state index contributed by atoms with van der Waals surface area (Å²) in [5.74, 6) is 3.24. The Bertz CT molecular complexity index is 2610. The standard InChI is InChI=1S/C45H55N13O5/c1-5-35-41-52-51-28(3)57(41)37-25-47-45(50-40(37)56(35)26-29-9-7-6-8-10-29)48-34-14-11-30(23-38(34)63-4)43(61)55-21-19-54(20-22-55)18-17-46-31-12-13-32-27(2)53-58(44(62)33(32)24-31)36-15-16-39(59)49-42(36)60/h11-14,23-25,29,35-36,46H,5-10,15-22,26H2,1-4H3,(H,47,48,50)(H,49,59,60)/t35-,36?/m1/s1. The molecule has 0 bridgehead atoms. The number of piperazine rings is 1. The van der Waals surface area contributed by atoms with E-state index in [1.165, 1.54) is 36.8 Å². The third-order valence-electron chi connectivity index (χ3n) is 13.1. The molecule has 330 valence electrons. The first kappa shape index (κ1) is 41.9. The van der Waals surface area contributed by atoms with Gasteiger partial charge in [0.1, 0.15) is 23.3 Å². The van der Waals surface area contributed by atoms with Gasteiger partial charge in [0.2, 0.25) is 11.9 Å². The molecule has 3 amide bonds. The molecule has 5 aromatic rings. The van der Waals surface area contributed by atoms with Crippen LogP contribution in [-0.4, -0.2) is 115 Å². The van der Waals surface area contributed by atoms with Crippen LogP contribution in [0, 0.1) is 19.8 Å². The number of benzene rings is 2. The van der Waals surface area contributed by atoms with Gasteiger partial charge in [-0.05, 0) is 75.8 Å². The van der Waals surface area contributed by atoms with Gasteiger partial charge in [-0.2, -0.15) is 10.1 Å². The molecule has 63 heavy (non-hydrogen) atoms. The second-order valence-electron chi connectivity index (χ2n) is 17.1. The number of methoxy groups -OCH3 is 1. The Balaban J connectivity index is 0.823. The van der Waals surface area contributed by atoms with Gasteiger partial charge in [-0.25, -0.2) is 9.67 Å². The van der Waals surface area contributed by atoms with Gasteiger partial charge in [0.25, 0.3) is 17.4 Å². The van der Waals surface area contributed by atoms with Gasteiger partial charge >= 0.3 is 0 Å². The van der Waals surface area contributed by atoms with Crippen molar-refractivity contribution in [3.8, 4) is 11.4 Å². The molecule has 3 aromatic heterocycles. The van der Waals surface area contributed by atoms with E-state index in [-0.39, 0.29) is 36.3 Å². The molecule has 1 unspecified atom stereocenters. The maximum atomic E-state index is 13.8. The van der Waals surface area contributed by atoms with E-state index in [4.69, 9.17) is 14.7 Å². The van der Waals surface area contributed by atoms with Gasteiger partial charge in [0, 0.05) is 68.9 Å². The summed E-state index contributed by atoms with van der Waals surface area (Å²) in [6.45, 7) is 10.8. The summed E-state index contributed by atoms with van der Waals surface area (Å²) in [7, 11) is 1.59. The van der Waals surface area contributed by atoms with Crippen molar-refractivity contribution >= 4 is 51.6 Å². The monoisotopic (exact) mass is 857 g/mol. The van der Waals surface area contributed by atoms with Crippen molar-refractivity contribution in [2.24, 2.45) is 5.92 Å². The SMILES string of the molecule is CC[C@@H]1c2nnc(C)n2-c2cnc(Nc3ccc(C(=O)N4CCN(CCNc5ccc6c(C)nn(C7CCC(=O)NC7=O)c(=O)c6c5)CC4)cc3OC)nc2N1CC1CCCCC1. The third-order valence-corrected chi connectivity index (χ3v) is 13.1. The molecule has 3 fully saturated rings. The summed E-state index contributed by atoms with van der Waals surface area (Å²) in [6.07, 6.45) is 9.37. The minimum Gasteiger partial charge on any atom is -0.495 e. The number of carbonyl (C=O) groups is 3. The molecule has 6 heterocycles. The Labute approximate surface area is 365 Å². The number of fused-ring (bicyclic) bond motifs is 4. The molecule has 2 atom stereocenters. The Morgan fingerprint density at radius 2 is 1.76 bits per heavy atom. The van der Waals surface area contributed by atoms with E-state index in [9.17, 15) is 19.2 Å². The number of carbonyl (C=O) groups excluding carboxylic acids is 3. The lowest BCUT2D eigenvalue weighted by atomic mass is 9.88. The van der Waals surface area contributed by atoms with Gasteiger partial charge in [0.05, 0.1) is 36.1 Å². The number of amides is 3. The Hall–Kier alpha value is -6.43. The first-order chi connectivity index (χ1) is 30.6. The molecular weight excluding hydrogens is 803 g/mol. The quantitative estimate of drug-likeness (QED) is 0.144. The number of hydrogen-bond donors (Lipinski definition) is 3. The van der Waals surface area contributed by atoms with Gasteiger partial charge in [-0.1, -0.05) is 32.3 Å². The predicted octanol–water partition coefficient (Wildman–Crippen LogP) is 4.84. The van der Waals surface area contributed by atoms with E-state index in [2.05, 4.69) is 52.5 Å². The fourth-order valence-corrected chi connectivity index (χ4v) is 9.66. The molecule has 18 nitrogen and oxygen atoms in total. The van der Waals surface area contributed by atoms with Gasteiger partial charge in [-0.3, -0.25) is 34.0 Å². The molecule has 4 aliphatic rings. The Kier molecular flexibility index (Phi) is 11.8. The number of imide groups is 1. The molecule has 9 rings (SSSR count). The zero-order chi connectivity index (χ0) is 43.8. The Morgan fingerprint density at radius 3 is 2.52 bits per heavy atom. The Morgan fingerprint density at radius 1 is 0.952 bits per heavy atom. The molecule has 18 heteroatoms. The van der Waals surface area contributed by atoms with Crippen LogP contribution in [0.25, 0.3) is 16.5 Å². The summed E-state index contributed by atoms with van der Waals surface area (Å²) >= 11 is 0. The molecular formula is C45H55N13O5. The van der Waals surface area contributed by atoms with E-state index < -0.39 is 11.9 Å².